The molecule has 0 fully saturated rings. The summed E-state index contributed by atoms with van der Waals surface area (Å²) in [6.45, 7) is 0. The van der Waals surface area contributed by atoms with Crippen molar-refractivity contribution >= 4 is 17.4 Å². The number of halogens is 5. The van der Waals surface area contributed by atoms with Gasteiger partial charge in [-0.05, 0) is 11.6 Å². The van der Waals surface area contributed by atoms with Gasteiger partial charge < -0.3 is 4.52 Å². The zero-order valence-electron chi connectivity index (χ0n) is 10.2. The Morgan fingerprint density at radius 1 is 1.33 bits per heavy atom. The second kappa shape index (κ2) is 5.80. The molecule has 0 spiro atoms. The molecule has 0 aliphatic heterocycles. The minimum atomic E-state index is -4.96. The molecule has 0 atom stereocenters. The summed E-state index contributed by atoms with van der Waals surface area (Å²) in [5.41, 5.74) is 0.164. The van der Waals surface area contributed by atoms with Gasteiger partial charge in [0.05, 0.1) is 11.4 Å². The van der Waals surface area contributed by atoms with Crippen LogP contribution in [-0.4, -0.2) is 22.1 Å². The summed E-state index contributed by atoms with van der Waals surface area (Å²) >= 11 is 5.60. The van der Waals surface area contributed by atoms with Gasteiger partial charge in [0.15, 0.2) is 5.82 Å². The van der Waals surface area contributed by atoms with E-state index in [1.807, 2.05) is 0 Å². The van der Waals surface area contributed by atoms with Crippen LogP contribution < -0.4 is 0 Å². The van der Waals surface area contributed by atoms with Crippen molar-refractivity contribution in [2.45, 2.75) is 19.0 Å². The van der Waals surface area contributed by atoms with Gasteiger partial charge in [-0.1, -0.05) is 28.9 Å². The normalized spacial score (nSPS) is 11.7. The molecule has 0 saturated carbocycles. The Labute approximate surface area is 120 Å². The molecule has 0 saturated heterocycles. The number of nitrogens with zero attached hydrogens (tertiary/aromatic N) is 2. The van der Waals surface area contributed by atoms with Gasteiger partial charge in [-0.2, -0.15) is 18.2 Å². The van der Waals surface area contributed by atoms with Crippen molar-refractivity contribution in [1.82, 2.24) is 10.1 Å². The Bertz CT molecular complexity index is 670. The van der Waals surface area contributed by atoms with E-state index in [2.05, 4.69) is 14.7 Å². The molecule has 0 radical (unpaired) electrons. The van der Waals surface area contributed by atoms with Crippen LogP contribution in [0.2, 0.25) is 5.02 Å². The number of hydrogen-bond donors (Lipinski definition) is 0. The molecular formula is C12H7ClF4N2O2. The first kappa shape index (κ1) is 15.4. The fraction of sp³-hybridized carbons (Fsp3) is 0.250. The molecule has 0 aliphatic carbocycles. The molecule has 1 aromatic carbocycles. The highest BCUT2D eigenvalue weighted by atomic mass is 35.5. The van der Waals surface area contributed by atoms with E-state index in [-0.39, 0.29) is 22.8 Å². The fourth-order valence-corrected chi connectivity index (χ4v) is 1.72. The van der Waals surface area contributed by atoms with Gasteiger partial charge in [0.1, 0.15) is 5.82 Å². The fourth-order valence-electron chi connectivity index (χ4n) is 1.53. The number of Topliss-reactive ketones (excluding diaryl/α,β-unsaturated/α-hetero) is 1. The number of alkyl halides is 3. The van der Waals surface area contributed by atoms with Crippen LogP contribution in [-0.2, 0) is 17.6 Å². The van der Waals surface area contributed by atoms with Crippen LogP contribution in [0.15, 0.2) is 22.7 Å². The summed E-state index contributed by atoms with van der Waals surface area (Å²) in [7, 11) is 0. The Kier molecular flexibility index (Phi) is 4.26. The van der Waals surface area contributed by atoms with Crippen LogP contribution in [0.3, 0.4) is 0 Å². The van der Waals surface area contributed by atoms with E-state index in [0.29, 0.717) is 0 Å². The van der Waals surface area contributed by atoms with Crippen LogP contribution in [0.25, 0.3) is 0 Å². The smallest absolute Gasteiger partial charge is 0.339 e. The standard InChI is InChI=1S/C12H7ClF4N2O2/c13-7-3-1-2-6(11(7)14)4-9-18-10(21-19-9)5-8(20)12(15,16)17/h1-3H,4-5H2. The third-order valence-electron chi connectivity index (χ3n) is 2.52. The average molecular weight is 323 g/mol. The highest BCUT2D eigenvalue weighted by molar-refractivity contribution is 6.30. The minimum Gasteiger partial charge on any atom is -0.339 e. The van der Waals surface area contributed by atoms with E-state index < -0.39 is 30.1 Å². The lowest BCUT2D eigenvalue weighted by molar-refractivity contribution is -0.170. The summed E-state index contributed by atoms with van der Waals surface area (Å²) in [5, 5.41) is 3.31. The largest absolute Gasteiger partial charge is 0.450 e. The molecule has 9 heteroatoms. The molecule has 0 unspecified atom stereocenters. The monoisotopic (exact) mass is 322 g/mol. The van der Waals surface area contributed by atoms with E-state index in [1.165, 1.54) is 18.2 Å². The number of aromatic nitrogens is 2. The van der Waals surface area contributed by atoms with Gasteiger partial charge in [0.2, 0.25) is 11.7 Å². The number of hydrogen-bond acceptors (Lipinski definition) is 4. The lowest BCUT2D eigenvalue weighted by Gasteiger charge is -2.01. The highest BCUT2D eigenvalue weighted by Crippen LogP contribution is 2.21. The first-order chi connectivity index (χ1) is 9.77. The molecular weight excluding hydrogens is 316 g/mol. The maximum Gasteiger partial charge on any atom is 0.450 e. The van der Waals surface area contributed by atoms with Crippen LogP contribution in [0.5, 0.6) is 0 Å². The maximum absolute atomic E-state index is 13.6. The van der Waals surface area contributed by atoms with Gasteiger partial charge in [-0.25, -0.2) is 4.39 Å². The van der Waals surface area contributed by atoms with E-state index in [9.17, 15) is 22.4 Å². The second-order valence-electron chi connectivity index (χ2n) is 4.09. The first-order valence-corrected chi connectivity index (χ1v) is 5.99. The van der Waals surface area contributed by atoms with E-state index in [1.54, 1.807) is 0 Å². The van der Waals surface area contributed by atoms with Crippen molar-refractivity contribution in [3.05, 3.63) is 46.3 Å². The topological polar surface area (TPSA) is 56.0 Å². The molecule has 2 rings (SSSR count). The van der Waals surface area contributed by atoms with Crippen molar-refractivity contribution in [2.24, 2.45) is 0 Å². The summed E-state index contributed by atoms with van der Waals surface area (Å²) in [4.78, 5) is 14.4. The Morgan fingerprint density at radius 2 is 2.05 bits per heavy atom. The van der Waals surface area contributed by atoms with Gasteiger partial charge in [-0.15, -0.1) is 0 Å². The Hall–Kier alpha value is -1.96. The zero-order chi connectivity index (χ0) is 15.6. The molecule has 4 nitrogen and oxygen atoms in total. The van der Waals surface area contributed by atoms with Crippen LogP contribution >= 0.6 is 11.6 Å². The third-order valence-corrected chi connectivity index (χ3v) is 2.81. The van der Waals surface area contributed by atoms with E-state index in [0.717, 1.165) is 0 Å². The van der Waals surface area contributed by atoms with Crippen LogP contribution in [0, 0.1) is 5.82 Å². The number of carbonyl (C=O) groups excluding carboxylic acids is 1. The van der Waals surface area contributed by atoms with Crippen molar-refractivity contribution in [3.8, 4) is 0 Å². The quantitative estimate of drug-likeness (QED) is 0.812. The molecule has 0 bridgehead atoms. The van der Waals surface area contributed by atoms with Gasteiger partial charge in [-0.3, -0.25) is 4.79 Å². The molecule has 1 heterocycles. The van der Waals surface area contributed by atoms with Gasteiger partial charge in [0, 0.05) is 6.42 Å². The molecule has 2 aromatic rings. The number of ketones is 1. The Morgan fingerprint density at radius 3 is 2.71 bits per heavy atom. The summed E-state index contributed by atoms with van der Waals surface area (Å²) in [6, 6.07) is 4.29. The molecule has 0 aliphatic rings. The lowest BCUT2D eigenvalue weighted by atomic mass is 10.1. The first-order valence-electron chi connectivity index (χ1n) is 5.61. The summed E-state index contributed by atoms with van der Waals surface area (Å²) in [5.74, 6) is -3.18. The van der Waals surface area contributed by atoms with E-state index in [4.69, 9.17) is 11.6 Å². The SMILES string of the molecule is O=C(Cc1nc(Cc2cccc(Cl)c2F)no1)C(F)(F)F. The van der Waals surface area contributed by atoms with Gasteiger partial charge in [0.25, 0.3) is 0 Å². The Balaban J connectivity index is 2.10. The number of carbonyl (C=O) groups is 1. The maximum atomic E-state index is 13.6. The molecule has 112 valence electrons. The van der Waals surface area contributed by atoms with Crippen LogP contribution in [0.4, 0.5) is 17.6 Å². The zero-order valence-corrected chi connectivity index (χ0v) is 11.0. The van der Waals surface area contributed by atoms with Crippen LogP contribution in [0.1, 0.15) is 17.3 Å². The minimum absolute atomic E-state index is 0.0406. The summed E-state index contributed by atoms with van der Waals surface area (Å²) < 4.78 is 54.4. The highest BCUT2D eigenvalue weighted by Gasteiger charge is 2.39. The van der Waals surface area contributed by atoms with Crippen molar-refractivity contribution in [1.29, 1.82) is 0 Å². The van der Waals surface area contributed by atoms with Crippen molar-refractivity contribution in [2.75, 3.05) is 0 Å². The van der Waals surface area contributed by atoms with Gasteiger partial charge >= 0.3 is 6.18 Å². The van der Waals surface area contributed by atoms with E-state index >= 15 is 0 Å². The molecule has 21 heavy (non-hydrogen) atoms. The second-order valence-corrected chi connectivity index (χ2v) is 4.50. The third kappa shape index (κ3) is 3.78. The lowest BCUT2D eigenvalue weighted by Crippen LogP contribution is -2.24. The average Bonchev–Trinajstić information content (AvgIpc) is 2.81. The summed E-state index contributed by atoms with van der Waals surface area (Å²) in [6.07, 6.45) is -6.13. The number of benzene rings is 1. The van der Waals surface area contributed by atoms with Crippen molar-refractivity contribution in [3.63, 3.8) is 0 Å². The molecule has 0 amide bonds. The van der Waals surface area contributed by atoms with Crippen molar-refractivity contribution < 1.29 is 26.9 Å². The predicted molar refractivity (Wildman–Crippen MR) is 63.3 cm³/mol. The number of rotatable bonds is 4. The molecule has 1 aromatic heterocycles. The molecule has 0 N–H and O–H groups in total. The predicted octanol–water partition coefficient (Wildman–Crippen LogP) is 3.13.